The lowest BCUT2D eigenvalue weighted by atomic mass is 9.66. The Morgan fingerprint density at radius 2 is 1.82 bits per heavy atom. The Labute approximate surface area is 169 Å². The fourth-order valence-electron chi connectivity index (χ4n) is 5.13. The van der Waals surface area contributed by atoms with E-state index in [-0.39, 0.29) is 11.0 Å². The highest BCUT2D eigenvalue weighted by Crippen LogP contribution is 2.55. The summed E-state index contributed by atoms with van der Waals surface area (Å²) in [5, 5.41) is 11.1. The van der Waals surface area contributed by atoms with E-state index in [1.807, 2.05) is 6.07 Å². The molecule has 2 unspecified atom stereocenters. The van der Waals surface area contributed by atoms with Crippen molar-refractivity contribution in [3.63, 3.8) is 0 Å². The summed E-state index contributed by atoms with van der Waals surface area (Å²) in [6, 6.07) is 12.8. The first-order valence-electron chi connectivity index (χ1n) is 10.4. The van der Waals surface area contributed by atoms with Gasteiger partial charge in [0.05, 0.1) is 0 Å². The molecule has 1 aliphatic heterocycles. The normalized spacial score (nSPS) is 23.3. The second-order valence-electron chi connectivity index (χ2n) is 9.81. The number of hydrogen-bond acceptors (Lipinski definition) is 2. The number of fused-ring (bicyclic) bond motifs is 3. The van der Waals surface area contributed by atoms with Crippen LogP contribution in [0.4, 0.5) is 0 Å². The van der Waals surface area contributed by atoms with Crippen molar-refractivity contribution in [1.29, 1.82) is 0 Å². The molecule has 0 fully saturated rings. The summed E-state index contributed by atoms with van der Waals surface area (Å²) in [6.45, 7) is 13.1. The molecule has 0 saturated carbocycles. The molecule has 2 atom stereocenters. The molecule has 2 heteroatoms. The Bertz CT molecular complexity index is 949. The third-order valence-electron chi connectivity index (χ3n) is 6.97. The molecule has 0 radical (unpaired) electrons. The molecule has 0 amide bonds. The Balaban J connectivity index is 1.83. The minimum atomic E-state index is -0.243. The predicted octanol–water partition coefficient (Wildman–Crippen LogP) is 6.64. The van der Waals surface area contributed by atoms with Crippen molar-refractivity contribution in [2.75, 3.05) is 0 Å². The van der Waals surface area contributed by atoms with Crippen molar-refractivity contribution in [3.8, 4) is 11.5 Å². The maximum atomic E-state index is 11.1. The molecule has 0 spiro atoms. The molecule has 148 valence electrons. The van der Waals surface area contributed by atoms with E-state index >= 15 is 0 Å². The highest BCUT2D eigenvalue weighted by atomic mass is 16.5. The number of aryl methyl sites for hydroxylation is 1. The van der Waals surface area contributed by atoms with Gasteiger partial charge in [-0.15, -0.1) is 0 Å². The van der Waals surface area contributed by atoms with Gasteiger partial charge in [0.2, 0.25) is 0 Å². The number of rotatable bonds is 2. The minimum absolute atomic E-state index is 0.217. The van der Waals surface area contributed by atoms with Gasteiger partial charge in [-0.25, -0.2) is 0 Å². The van der Waals surface area contributed by atoms with E-state index in [1.54, 1.807) is 0 Å². The summed E-state index contributed by atoms with van der Waals surface area (Å²) in [4.78, 5) is 0. The van der Waals surface area contributed by atoms with E-state index in [9.17, 15) is 5.11 Å². The van der Waals surface area contributed by atoms with Crippen LogP contribution in [-0.4, -0.2) is 10.7 Å². The van der Waals surface area contributed by atoms with Gasteiger partial charge in [-0.1, -0.05) is 55.3 Å². The Hall–Kier alpha value is -2.22. The first-order chi connectivity index (χ1) is 13.1. The zero-order valence-electron chi connectivity index (χ0n) is 18.0. The fourth-order valence-corrected chi connectivity index (χ4v) is 5.13. The monoisotopic (exact) mass is 376 g/mol. The van der Waals surface area contributed by atoms with E-state index in [4.69, 9.17) is 4.74 Å². The van der Waals surface area contributed by atoms with Crippen LogP contribution in [0.1, 0.15) is 75.6 Å². The predicted molar refractivity (Wildman–Crippen MR) is 115 cm³/mol. The lowest BCUT2D eigenvalue weighted by molar-refractivity contribution is 0.00745. The van der Waals surface area contributed by atoms with Gasteiger partial charge in [-0.05, 0) is 63.8 Å². The molecule has 4 rings (SSSR count). The highest BCUT2D eigenvalue weighted by molar-refractivity contribution is 5.55. The number of benzene rings is 2. The van der Waals surface area contributed by atoms with Crippen molar-refractivity contribution in [2.45, 2.75) is 71.3 Å². The van der Waals surface area contributed by atoms with Crippen LogP contribution in [0.2, 0.25) is 0 Å². The average molecular weight is 377 g/mol. The van der Waals surface area contributed by atoms with Gasteiger partial charge in [-0.2, -0.15) is 0 Å². The van der Waals surface area contributed by atoms with Crippen LogP contribution in [0.5, 0.6) is 11.5 Å². The topological polar surface area (TPSA) is 29.5 Å². The number of ether oxygens (including phenoxy) is 1. The lowest BCUT2D eigenvalue weighted by Crippen LogP contribution is -2.45. The van der Waals surface area contributed by atoms with Gasteiger partial charge in [0.15, 0.2) is 0 Å². The van der Waals surface area contributed by atoms with E-state index in [0.29, 0.717) is 17.6 Å². The zero-order valence-corrected chi connectivity index (χ0v) is 18.0. The first-order valence-corrected chi connectivity index (χ1v) is 10.4. The van der Waals surface area contributed by atoms with Gasteiger partial charge in [-0.3, -0.25) is 0 Å². The second-order valence-corrected chi connectivity index (χ2v) is 9.81. The largest absolute Gasteiger partial charge is 0.508 e. The molecule has 1 aliphatic carbocycles. The summed E-state index contributed by atoms with van der Waals surface area (Å²) in [7, 11) is 0. The minimum Gasteiger partial charge on any atom is -0.508 e. The summed E-state index contributed by atoms with van der Waals surface area (Å²) < 4.78 is 6.51. The Morgan fingerprint density at radius 3 is 2.54 bits per heavy atom. The first kappa shape index (κ1) is 19.1. The number of aromatic hydroxyl groups is 1. The zero-order chi connectivity index (χ0) is 20.3. The fraction of sp³-hybridized carbons (Fsp3) is 0.462. The van der Waals surface area contributed by atoms with Crippen LogP contribution in [0.3, 0.4) is 0 Å². The summed E-state index contributed by atoms with van der Waals surface area (Å²) in [6.07, 6.45) is 4.35. The number of phenolic OH excluding ortho intramolecular Hbond substituents is 1. The molecule has 1 heterocycles. The SMILES string of the molecule is CC1=CCC2C(C1)c1c(O)cc(C(C)(C)c3cccc(C)c3)cc1OC2(C)C. The molecule has 28 heavy (non-hydrogen) atoms. The van der Waals surface area contributed by atoms with Crippen LogP contribution in [0.25, 0.3) is 0 Å². The van der Waals surface area contributed by atoms with Crippen molar-refractivity contribution >= 4 is 0 Å². The van der Waals surface area contributed by atoms with Crippen LogP contribution in [0, 0.1) is 12.8 Å². The third kappa shape index (κ3) is 3.03. The van der Waals surface area contributed by atoms with Crippen LogP contribution in [-0.2, 0) is 5.41 Å². The van der Waals surface area contributed by atoms with Gasteiger partial charge in [0.1, 0.15) is 17.1 Å². The number of phenols is 1. The van der Waals surface area contributed by atoms with Crippen LogP contribution < -0.4 is 4.74 Å². The molecule has 2 nitrogen and oxygen atoms in total. The number of allylic oxidation sites excluding steroid dienone is 2. The standard InChI is InChI=1S/C26H32O2/c1-16-8-7-9-18(12-16)25(3,4)19-14-22(27)24-20-13-17(2)10-11-21(20)26(5,6)28-23(24)15-19/h7-10,12,14-15,20-21,27H,11,13H2,1-6H3. The molecule has 2 aromatic rings. The van der Waals surface area contributed by atoms with E-state index in [0.717, 1.165) is 29.7 Å². The van der Waals surface area contributed by atoms with Gasteiger partial charge >= 0.3 is 0 Å². The quantitative estimate of drug-likeness (QED) is 0.596. The lowest BCUT2D eigenvalue weighted by Gasteiger charge is -2.47. The molecule has 0 aromatic heterocycles. The second kappa shape index (κ2) is 6.40. The van der Waals surface area contributed by atoms with Gasteiger partial charge in [0.25, 0.3) is 0 Å². The molecule has 2 aliphatic rings. The van der Waals surface area contributed by atoms with Gasteiger partial charge < -0.3 is 9.84 Å². The van der Waals surface area contributed by atoms with Crippen molar-refractivity contribution in [2.24, 2.45) is 5.92 Å². The molecule has 1 N–H and O–H groups in total. The molecular formula is C26H32O2. The highest BCUT2D eigenvalue weighted by Gasteiger charge is 2.46. The van der Waals surface area contributed by atoms with E-state index < -0.39 is 0 Å². The molecule has 0 saturated heterocycles. The third-order valence-corrected chi connectivity index (χ3v) is 6.97. The Morgan fingerprint density at radius 1 is 1.07 bits per heavy atom. The van der Waals surface area contributed by atoms with Gasteiger partial charge in [0, 0.05) is 22.8 Å². The molecular weight excluding hydrogens is 344 g/mol. The Kier molecular flexibility index (Phi) is 4.37. The van der Waals surface area contributed by atoms with Crippen molar-refractivity contribution in [1.82, 2.24) is 0 Å². The summed E-state index contributed by atoms with van der Waals surface area (Å²) >= 11 is 0. The molecule has 2 aromatic carbocycles. The average Bonchev–Trinajstić information content (AvgIpc) is 2.60. The van der Waals surface area contributed by atoms with Crippen LogP contribution in [0.15, 0.2) is 48.0 Å². The maximum Gasteiger partial charge on any atom is 0.127 e. The van der Waals surface area contributed by atoms with E-state index in [1.165, 1.54) is 16.7 Å². The molecule has 0 bridgehead atoms. The summed E-state index contributed by atoms with van der Waals surface area (Å²) in [5.41, 5.74) is 5.54. The van der Waals surface area contributed by atoms with Crippen molar-refractivity contribution < 1.29 is 9.84 Å². The smallest absolute Gasteiger partial charge is 0.127 e. The van der Waals surface area contributed by atoms with Crippen LogP contribution >= 0.6 is 0 Å². The maximum absolute atomic E-state index is 11.1. The van der Waals surface area contributed by atoms with Crippen molar-refractivity contribution in [3.05, 3.63) is 70.3 Å². The summed E-state index contributed by atoms with van der Waals surface area (Å²) in [5.74, 6) is 1.95. The number of hydrogen-bond donors (Lipinski definition) is 1. The van der Waals surface area contributed by atoms with E-state index in [2.05, 4.69) is 78.0 Å².